The van der Waals surface area contributed by atoms with E-state index in [1.54, 1.807) is 4.90 Å². The van der Waals surface area contributed by atoms with Gasteiger partial charge in [-0.15, -0.1) is 0 Å². The number of hydrogen-bond acceptors (Lipinski definition) is 2. The van der Waals surface area contributed by atoms with Crippen LogP contribution in [-0.4, -0.2) is 30.1 Å². The van der Waals surface area contributed by atoms with Crippen LogP contribution >= 0.6 is 11.6 Å². The Labute approximate surface area is 112 Å². The maximum Gasteiger partial charge on any atom is 0.314 e. The van der Waals surface area contributed by atoms with E-state index in [1.165, 1.54) is 5.56 Å². The summed E-state index contributed by atoms with van der Waals surface area (Å²) in [6, 6.07) is 7.98. The van der Waals surface area contributed by atoms with Gasteiger partial charge in [-0.1, -0.05) is 23.7 Å². The van der Waals surface area contributed by atoms with E-state index in [-0.39, 0.29) is 6.03 Å². The molecule has 0 radical (unpaired) electrons. The number of nitrogens with one attached hydrogen (secondary N) is 1. The summed E-state index contributed by atoms with van der Waals surface area (Å²) in [4.78, 5) is 12.7. The number of piperidine rings is 1. The van der Waals surface area contributed by atoms with Crippen LogP contribution in [-0.2, 0) is 6.54 Å². The number of carbonyl (C=O) groups excluding carboxylic acids is 1. The van der Waals surface area contributed by atoms with Crippen LogP contribution in [0.15, 0.2) is 24.3 Å². The highest BCUT2D eigenvalue weighted by Crippen LogP contribution is 2.12. The quantitative estimate of drug-likeness (QED) is 0.880. The van der Waals surface area contributed by atoms with E-state index in [9.17, 15) is 4.79 Å². The summed E-state index contributed by atoms with van der Waals surface area (Å²) in [6.07, 6.45) is 1.91. The number of urea groups is 1. The normalized spacial score (nSPS) is 16.8. The Bertz CT molecular complexity index is 399. The van der Waals surface area contributed by atoms with Crippen LogP contribution in [0.3, 0.4) is 0 Å². The molecule has 0 bridgehead atoms. The fourth-order valence-electron chi connectivity index (χ4n) is 2.17. The number of primary amides is 1. The number of benzene rings is 1. The molecule has 1 saturated heterocycles. The van der Waals surface area contributed by atoms with Crippen molar-refractivity contribution in [3.05, 3.63) is 34.9 Å². The molecule has 0 spiro atoms. The number of nitrogens with two attached hydrogens (primary N) is 1. The number of amides is 2. The third-order valence-electron chi connectivity index (χ3n) is 3.31. The van der Waals surface area contributed by atoms with Gasteiger partial charge in [0.25, 0.3) is 0 Å². The van der Waals surface area contributed by atoms with Gasteiger partial charge in [0.15, 0.2) is 0 Å². The Morgan fingerprint density at radius 1 is 1.33 bits per heavy atom. The summed E-state index contributed by atoms with van der Waals surface area (Å²) in [5, 5.41) is 4.25. The molecular weight excluding hydrogens is 250 g/mol. The van der Waals surface area contributed by atoms with Crippen LogP contribution in [0.1, 0.15) is 18.4 Å². The van der Waals surface area contributed by atoms with Gasteiger partial charge < -0.3 is 16.0 Å². The molecule has 1 aliphatic heterocycles. The van der Waals surface area contributed by atoms with Gasteiger partial charge in [-0.3, -0.25) is 0 Å². The van der Waals surface area contributed by atoms with Crippen molar-refractivity contribution in [2.75, 3.05) is 13.1 Å². The maximum absolute atomic E-state index is 11.0. The fourth-order valence-corrected chi connectivity index (χ4v) is 2.29. The lowest BCUT2D eigenvalue weighted by Gasteiger charge is -2.31. The first-order valence-electron chi connectivity index (χ1n) is 6.17. The van der Waals surface area contributed by atoms with E-state index in [0.29, 0.717) is 6.04 Å². The van der Waals surface area contributed by atoms with Crippen molar-refractivity contribution < 1.29 is 4.79 Å². The molecule has 0 aliphatic carbocycles. The molecule has 0 aromatic heterocycles. The average Bonchev–Trinajstić information content (AvgIpc) is 2.38. The van der Waals surface area contributed by atoms with Crippen molar-refractivity contribution in [3.8, 4) is 0 Å². The number of nitrogens with zero attached hydrogens (tertiary/aromatic N) is 1. The monoisotopic (exact) mass is 267 g/mol. The summed E-state index contributed by atoms with van der Waals surface area (Å²) in [5.41, 5.74) is 6.47. The van der Waals surface area contributed by atoms with Crippen molar-refractivity contribution in [1.29, 1.82) is 0 Å². The Morgan fingerprint density at radius 2 is 1.94 bits per heavy atom. The molecule has 1 aliphatic rings. The Morgan fingerprint density at radius 3 is 2.50 bits per heavy atom. The Balaban J connectivity index is 1.75. The molecule has 1 heterocycles. The van der Waals surface area contributed by atoms with Crippen molar-refractivity contribution in [2.24, 2.45) is 5.73 Å². The van der Waals surface area contributed by atoms with Gasteiger partial charge in [-0.25, -0.2) is 4.79 Å². The molecule has 18 heavy (non-hydrogen) atoms. The van der Waals surface area contributed by atoms with Crippen molar-refractivity contribution in [2.45, 2.75) is 25.4 Å². The van der Waals surface area contributed by atoms with E-state index in [0.717, 1.165) is 37.5 Å². The second-order valence-corrected chi connectivity index (χ2v) is 5.04. The summed E-state index contributed by atoms with van der Waals surface area (Å²) >= 11 is 5.84. The van der Waals surface area contributed by atoms with Crippen LogP contribution in [0, 0.1) is 0 Å². The van der Waals surface area contributed by atoms with Crippen LogP contribution in [0.4, 0.5) is 4.79 Å². The lowest BCUT2D eigenvalue weighted by Crippen LogP contribution is -2.46. The number of likely N-dealkylation sites (tertiary alicyclic amines) is 1. The van der Waals surface area contributed by atoms with E-state index in [1.807, 2.05) is 24.3 Å². The van der Waals surface area contributed by atoms with Crippen molar-refractivity contribution in [1.82, 2.24) is 10.2 Å². The van der Waals surface area contributed by atoms with E-state index < -0.39 is 0 Å². The van der Waals surface area contributed by atoms with Crippen LogP contribution in [0.25, 0.3) is 0 Å². The van der Waals surface area contributed by atoms with Crippen LogP contribution in [0.5, 0.6) is 0 Å². The molecule has 3 N–H and O–H groups in total. The van der Waals surface area contributed by atoms with E-state index >= 15 is 0 Å². The molecule has 0 saturated carbocycles. The molecule has 2 rings (SSSR count). The average molecular weight is 268 g/mol. The predicted molar refractivity (Wildman–Crippen MR) is 72.5 cm³/mol. The first-order chi connectivity index (χ1) is 8.65. The third-order valence-corrected chi connectivity index (χ3v) is 3.57. The zero-order valence-electron chi connectivity index (χ0n) is 10.2. The summed E-state index contributed by atoms with van der Waals surface area (Å²) in [7, 11) is 0. The topological polar surface area (TPSA) is 58.4 Å². The molecule has 2 amide bonds. The van der Waals surface area contributed by atoms with Gasteiger partial charge in [-0.05, 0) is 30.5 Å². The zero-order chi connectivity index (χ0) is 13.0. The number of rotatable bonds is 3. The molecule has 5 heteroatoms. The highest BCUT2D eigenvalue weighted by Gasteiger charge is 2.20. The Kier molecular flexibility index (Phi) is 4.44. The third kappa shape index (κ3) is 3.62. The molecule has 4 nitrogen and oxygen atoms in total. The van der Waals surface area contributed by atoms with Gasteiger partial charge in [0, 0.05) is 30.7 Å². The second kappa shape index (κ2) is 6.07. The van der Waals surface area contributed by atoms with Gasteiger partial charge in [-0.2, -0.15) is 0 Å². The standard InChI is InChI=1S/C13H18ClN3O/c14-11-3-1-10(2-4-11)9-16-12-5-7-17(8-6-12)13(15)18/h1-4,12,16H,5-9H2,(H2,15,18). The highest BCUT2D eigenvalue weighted by molar-refractivity contribution is 6.30. The minimum absolute atomic E-state index is 0.314. The summed E-state index contributed by atoms with van der Waals surface area (Å²) in [6.45, 7) is 2.32. The lowest BCUT2D eigenvalue weighted by atomic mass is 10.0. The van der Waals surface area contributed by atoms with Crippen molar-refractivity contribution in [3.63, 3.8) is 0 Å². The molecular formula is C13H18ClN3O. The smallest absolute Gasteiger partial charge is 0.314 e. The molecule has 0 atom stereocenters. The number of halogens is 1. The first-order valence-corrected chi connectivity index (χ1v) is 6.55. The minimum Gasteiger partial charge on any atom is -0.351 e. The highest BCUT2D eigenvalue weighted by atomic mass is 35.5. The predicted octanol–water partition coefficient (Wildman–Crippen LogP) is 1.97. The second-order valence-electron chi connectivity index (χ2n) is 4.61. The fraction of sp³-hybridized carbons (Fsp3) is 0.462. The molecule has 1 aromatic carbocycles. The van der Waals surface area contributed by atoms with Gasteiger partial charge in [0.05, 0.1) is 0 Å². The minimum atomic E-state index is -0.314. The van der Waals surface area contributed by atoms with Crippen LogP contribution < -0.4 is 11.1 Å². The van der Waals surface area contributed by atoms with Crippen molar-refractivity contribution >= 4 is 17.6 Å². The molecule has 0 unspecified atom stereocenters. The summed E-state index contributed by atoms with van der Waals surface area (Å²) < 4.78 is 0. The van der Waals surface area contributed by atoms with Gasteiger partial charge in [0.1, 0.15) is 0 Å². The molecule has 1 fully saturated rings. The lowest BCUT2D eigenvalue weighted by molar-refractivity contribution is 0.185. The first kappa shape index (κ1) is 13.2. The maximum atomic E-state index is 11.0. The van der Waals surface area contributed by atoms with Crippen LogP contribution in [0.2, 0.25) is 5.02 Å². The SMILES string of the molecule is NC(=O)N1CCC(NCc2ccc(Cl)cc2)CC1. The van der Waals surface area contributed by atoms with Gasteiger partial charge >= 0.3 is 6.03 Å². The van der Waals surface area contributed by atoms with Gasteiger partial charge in [0.2, 0.25) is 0 Å². The molecule has 98 valence electrons. The zero-order valence-corrected chi connectivity index (χ0v) is 11.0. The number of carbonyl (C=O) groups is 1. The van der Waals surface area contributed by atoms with E-state index in [4.69, 9.17) is 17.3 Å². The molecule has 1 aromatic rings. The Hall–Kier alpha value is -1.26. The summed E-state index contributed by atoms with van der Waals surface area (Å²) in [5.74, 6) is 0. The number of hydrogen-bond donors (Lipinski definition) is 2. The largest absolute Gasteiger partial charge is 0.351 e. The van der Waals surface area contributed by atoms with E-state index in [2.05, 4.69) is 5.32 Å².